The maximum absolute atomic E-state index is 12.8. The molecule has 0 spiro atoms. The highest BCUT2D eigenvalue weighted by molar-refractivity contribution is 5.94. The van der Waals surface area contributed by atoms with Crippen LogP contribution in [-0.4, -0.2) is 37.1 Å². The van der Waals surface area contributed by atoms with Crippen molar-refractivity contribution in [3.8, 4) is 6.07 Å². The number of aromatic nitrogens is 4. The van der Waals surface area contributed by atoms with Gasteiger partial charge < -0.3 is 9.47 Å². The van der Waals surface area contributed by atoms with Gasteiger partial charge in [-0.2, -0.15) is 5.26 Å². The molecular weight excluding hydrogens is 352 g/mol. The van der Waals surface area contributed by atoms with E-state index in [4.69, 9.17) is 5.26 Å². The lowest BCUT2D eigenvalue weighted by Crippen LogP contribution is -2.40. The summed E-state index contributed by atoms with van der Waals surface area (Å²) in [4.78, 5) is 18.6. The third-order valence-corrected chi connectivity index (χ3v) is 4.99. The van der Waals surface area contributed by atoms with E-state index in [0.717, 1.165) is 24.5 Å². The smallest absolute Gasteiger partial charge is 0.255 e. The van der Waals surface area contributed by atoms with Crippen LogP contribution in [0.3, 0.4) is 0 Å². The second-order valence-corrected chi connectivity index (χ2v) is 6.97. The molecule has 28 heavy (non-hydrogen) atoms. The van der Waals surface area contributed by atoms with Gasteiger partial charge in [-0.15, -0.1) is 10.2 Å². The lowest BCUT2D eigenvalue weighted by molar-refractivity contribution is 0.0679. The molecule has 0 aliphatic carbocycles. The fourth-order valence-corrected chi connectivity index (χ4v) is 3.61. The van der Waals surface area contributed by atoms with Crippen LogP contribution in [0.4, 0.5) is 0 Å². The first kappa shape index (κ1) is 17.9. The van der Waals surface area contributed by atoms with Crippen LogP contribution in [0.1, 0.15) is 46.2 Å². The van der Waals surface area contributed by atoms with E-state index in [1.165, 1.54) is 11.8 Å². The Balaban J connectivity index is 1.49. The van der Waals surface area contributed by atoms with E-state index in [1.807, 2.05) is 24.3 Å². The van der Waals surface area contributed by atoms with Crippen molar-refractivity contribution >= 4 is 5.91 Å². The van der Waals surface area contributed by atoms with Crippen molar-refractivity contribution in [1.82, 2.24) is 24.6 Å². The van der Waals surface area contributed by atoms with Gasteiger partial charge in [0.1, 0.15) is 17.6 Å². The highest BCUT2D eigenvalue weighted by atomic mass is 16.2. The Morgan fingerprint density at radius 3 is 2.71 bits per heavy atom. The summed E-state index contributed by atoms with van der Waals surface area (Å²) < 4.78 is 2.16. The van der Waals surface area contributed by atoms with E-state index in [9.17, 15) is 4.79 Å². The van der Waals surface area contributed by atoms with Gasteiger partial charge in [-0.25, -0.2) is 4.98 Å². The first-order valence-electron chi connectivity index (χ1n) is 9.27. The van der Waals surface area contributed by atoms with Gasteiger partial charge in [0.15, 0.2) is 5.82 Å². The first-order chi connectivity index (χ1) is 13.7. The Kier molecular flexibility index (Phi) is 4.85. The molecule has 0 fully saturated rings. The summed E-state index contributed by atoms with van der Waals surface area (Å²) in [6, 6.07) is 15.6. The lowest BCUT2D eigenvalue weighted by atomic mass is 10.1. The average Bonchev–Trinajstić information content (AvgIpc) is 3.16. The van der Waals surface area contributed by atoms with Gasteiger partial charge in [-0.1, -0.05) is 30.3 Å². The summed E-state index contributed by atoms with van der Waals surface area (Å²) in [5, 5.41) is 17.6. The minimum atomic E-state index is -0.107. The molecule has 0 saturated heterocycles. The Morgan fingerprint density at radius 1 is 1.18 bits per heavy atom. The summed E-state index contributed by atoms with van der Waals surface area (Å²) in [6.45, 7) is 3.08. The van der Waals surface area contributed by atoms with Crippen molar-refractivity contribution in [3.63, 3.8) is 0 Å². The molecule has 3 aromatic rings. The average molecular weight is 372 g/mol. The minimum absolute atomic E-state index is 0.0971. The van der Waals surface area contributed by atoms with Gasteiger partial charge in [0.25, 0.3) is 5.91 Å². The predicted molar refractivity (Wildman–Crippen MR) is 102 cm³/mol. The van der Waals surface area contributed by atoms with Crippen LogP contribution in [0, 0.1) is 11.3 Å². The summed E-state index contributed by atoms with van der Waals surface area (Å²) in [5.41, 5.74) is 2.04. The monoisotopic (exact) mass is 372 g/mol. The molecule has 0 radical (unpaired) electrons. The molecule has 0 N–H and O–H groups in total. The van der Waals surface area contributed by atoms with E-state index in [0.29, 0.717) is 24.3 Å². The van der Waals surface area contributed by atoms with Crippen molar-refractivity contribution in [1.29, 1.82) is 5.26 Å². The largest absolute Gasteiger partial charge is 0.329 e. The second-order valence-electron chi connectivity index (χ2n) is 6.97. The van der Waals surface area contributed by atoms with Gasteiger partial charge in [-0.05, 0) is 31.0 Å². The zero-order valence-electron chi connectivity index (χ0n) is 15.6. The number of nitrogens with zero attached hydrogens (tertiary/aromatic N) is 6. The van der Waals surface area contributed by atoms with E-state index in [1.54, 1.807) is 17.0 Å². The van der Waals surface area contributed by atoms with Crippen molar-refractivity contribution in [2.75, 3.05) is 6.54 Å². The molecular formula is C21H20N6O. The van der Waals surface area contributed by atoms with E-state index < -0.39 is 0 Å². The van der Waals surface area contributed by atoms with E-state index in [2.05, 4.69) is 38.8 Å². The number of carbonyl (C=O) groups excluding carboxylic acids is 1. The Morgan fingerprint density at radius 2 is 2.00 bits per heavy atom. The predicted octanol–water partition coefficient (Wildman–Crippen LogP) is 2.55. The Bertz CT molecular complexity index is 1020. The molecule has 4 rings (SSSR count). The van der Waals surface area contributed by atoms with E-state index >= 15 is 0 Å². The van der Waals surface area contributed by atoms with Crippen LogP contribution in [0.2, 0.25) is 0 Å². The van der Waals surface area contributed by atoms with Crippen LogP contribution in [0.5, 0.6) is 0 Å². The molecule has 0 saturated carbocycles. The molecule has 3 heterocycles. The lowest BCUT2D eigenvalue weighted by Gasteiger charge is -2.32. The van der Waals surface area contributed by atoms with Gasteiger partial charge in [-0.3, -0.25) is 4.79 Å². The number of rotatable bonds is 4. The van der Waals surface area contributed by atoms with Crippen LogP contribution >= 0.6 is 0 Å². The molecule has 1 aliphatic heterocycles. The molecule has 0 unspecified atom stereocenters. The maximum Gasteiger partial charge on any atom is 0.255 e. The van der Waals surface area contributed by atoms with Gasteiger partial charge in [0.2, 0.25) is 0 Å². The molecule has 1 amide bonds. The van der Waals surface area contributed by atoms with Crippen LogP contribution < -0.4 is 0 Å². The van der Waals surface area contributed by atoms with Gasteiger partial charge >= 0.3 is 0 Å². The number of carbonyl (C=O) groups is 1. The van der Waals surface area contributed by atoms with Gasteiger partial charge in [0, 0.05) is 19.2 Å². The first-order valence-corrected chi connectivity index (χ1v) is 9.27. The van der Waals surface area contributed by atoms with Crippen molar-refractivity contribution in [2.45, 2.75) is 32.4 Å². The van der Waals surface area contributed by atoms with Crippen LogP contribution in [-0.2, 0) is 19.4 Å². The highest BCUT2D eigenvalue weighted by Crippen LogP contribution is 2.23. The maximum atomic E-state index is 12.8. The highest BCUT2D eigenvalue weighted by Gasteiger charge is 2.29. The standard InChI is InChI=1S/C21H20N6O/c1-15-13-26(21(28)17-8-9-18(11-22)23-12-17)14-20-25-24-19(27(15)20)10-7-16-5-3-2-4-6-16/h2-6,8-9,12,15H,7,10,13-14H2,1H3/t15-/m0/s1. The summed E-state index contributed by atoms with van der Waals surface area (Å²) in [6.07, 6.45) is 3.18. The van der Waals surface area contributed by atoms with Crippen molar-refractivity contribution in [2.24, 2.45) is 0 Å². The normalized spacial score (nSPS) is 15.7. The Hall–Kier alpha value is -3.53. The van der Waals surface area contributed by atoms with Crippen molar-refractivity contribution < 1.29 is 4.79 Å². The Labute approximate surface area is 163 Å². The molecule has 140 valence electrons. The number of aryl methyl sites for hydroxylation is 2. The number of amides is 1. The number of hydrogen-bond donors (Lipinski definition) is 0. The molecule has 0 bridgehead atoms. The second kappa shape index (κ2) is 7.61. The molecule has 7 heteroatoms. The SMILES string of the molecule is C[C@H]1CN(C(=O)c2ccc(C#N)nc2)Cc2nnc(CCc3ccccc3)n21. The van der Waals surface area contributed by atoms with Crippen LogP contribution in [0.25, 0.3) is 0 Å². The number of benzene rings is 1. The topological polar surface area (TPSA) is 87.7 Å². The molecule has 1 aliphatic rings. The molecule has 1 aromatic carbocycles. The number of fused-ring (bicyclic) bond motifs is 1. The third-order valence-electron chi connectivity index (χ3n) is 4.99. The number of nitriles is 1. The molecule has 1 atom stereocenters. The summed E-state index contributed by atoms with van der Waals surface area (Å²) >= 11 is 0. The zero-order valence-corrected chi connectivity index (χ0v) is 15.6. The molecule has 7 nitrogen and oxygen atoms in total. The van der Waals surface area contributed by atoms with E-state index in [-0.39, 0.29) is 11.9 Å². The summed E-state index contributed by atoms with van der Waals surface area (Å²) in [7, 11) is 0. The van der Waals surface area contributed by atoms with Crippen LogP contribution in [0.15, 0.2) is 48.7 Å². The zero-order chi connectivity index (χ0) is 19.5. The fourth-order valence-electron chi connectivity index (χ4n) is 3.61. The number of hydrogen-bond acceptors (Lipinski definition) is 5. The number of pyridine rings is 1. The quantitative estimate of drug-likeness (QED) is 0.702. The van der Waals surface area contributed by atoms with Gasteiger partial charge in [0.05, 0.1) is 18.2 Å². The fraction of sp³-hybridized carbons (Fsp3) is 0.286. The summed E-state index contributed by atoms with van der Waals surface area (Å²) in [5.74, 6) is 1.65. The van der Waals surface area contributed by atoms with Crippen molar-refractivity contribution in [3.05, 3.63) is 77.1 Å². The third kappa shape index (κ3) is 3.49. The molecule has 2 aromatic heterocycles. The minimum Gasteiger partial charge on any atom is -0.329 e.